The van der Waals surface area contributed by atoms with Crippen molar-refractivity contribution in [3.8, 4) is 5.75 Å². The summed E-state index contributed by atoms with van der Waals surface area (Å²) in [4.78, 5) is 10.9. The minimum Gasteiger partial charge on any atom is -0.497 e. The van der Waals surface area contributed by atoms with Gasteiger partial charge in [-0.2, -0.15) is 0 Å². The lowest BCUT2D eigenvalue weighted by atomic mass is 9.90. The van der Waals surface area contributed by atoms with Crippen LogP contribution in [0.1, 0.15) is 25.3 Å². The molecule has 2 nitrogen and oxygen atoms in total. The van der Waals surface area contributed by atoms with Gasteiger partial charge in [0.05, 0.1) is 7.11 Å². The van der Waals surface area contributed by atoms with Crippen LogP contribution in [-0.2, 0) is 4.79 Å². The van der Waals surface area contributed by atoms with E-state index in [1.807, 2.05) is 38.1 Å². The lowest BCUT2D eigenvalue weighted by Crippen LogP contribution is -2.07. The Morgan fingerprint density at radius 3 is 2.57 bits per heavy atom. The van der Waals surface area contributed by atoms with Crippen LogP contribution in [0.15, 0.2) is 24.3 Å². The second-order valence-electron chi connectivity index (χ2n) is 3.68. The molecule has 0 saturated carbocycles. The van der Waals surface area contributed by atoms with E-state index in [1.54, 1.807) is 7.11 Å². The zero-order chi connectivity index (χ0) is 10.6. The van der Waals surface area contributed by atoms with Crippen molar-refractivity contribution in [1.82, 2.24) is 0 Å². The molecule has 1 aromatic carbocycles. The number of carbonyl (C=O) groups excluding carboxylic acids is 1. The molecule has 0 saturated heterocycles. The molecule has 0 aliphatic rings. The van der Waals surface area contributed by atoms with Crippen LogP contribution in [0.3, 0.4) is 0 Å². The zero-order valence-electron chi connectivity index (χ0n) is 8.86. The highest BCUT2D eigenvalue weighted by atomic mass is 16.5. The smallest absolute Gasteiger partial charge is 0.127 e. The van der Waals surface area contributed by atoms with Crippen molar-refractivity contribution in [2.24, 2.45) is 5.92 Å². The summed E-state index contributed by atoms with van der Waals surface area (Å²) in [5.74, 6) is 1.08. The standard InChI is InChI=1S/C12H16O2/c1-9(2)12(8-13)10-5-4-6-11(7-10)14-3/h4-9,12H,1-3H3/t12-/m1/s1. The van der Waals surface area contributed by atoms with Crippen LogP contribution in [0.4, 0.5) is 0 Å². The third-order valence-electron chi connectivity index (χ3n) is 2.34. The predicted molar refractivity (Wildman–Crippen MR) is 56.6 cm³/mol. The van der Waals surface area contributed by atoms with Gasteiger partial charge in [0.25, 0.3) is 0 Å². The normalized spacial score (nSPS) is 12.6. The number of rotatable bonds is 4. The lowest BCUT2D eigenvalue weighted by molar-refractivity contribution is -0.109. The summed E-state index contributed by atoms with van der Waals surface area (Å²) in [6.07, 6.45) is 0.999. The molecular formula is C12H16O2. The van der Waals surface area contributed by atoms with Crippen LogP contribution < -0.4 is 4.74 Å². The Hall–Kier alpha value is -1.31. The summed E-state index contributed by atoms with van der Waals surface area (Å²) >= 11 is 0. The molecule has 0 heterocycles. The van der Waals surface area contributed by atoms with Crippen LogP contribution >= 0.6 is 0 Å². The van der Waals surface area contributed by atoms with Gasteiger partial charge in [0, 0.05) is 5.92 Å². The van der Waals surface area contributed by atoms with Crippen molar-refractivity contribution in [2.45, 2.75) is 19.8 Å². The first-order valence-electron chi connectivity index (χ1n) is 4.78. The van der Waals surface area contributed by atoms with Crippen molar-refractivity contribution in [3.63, 3.8) is 0 Å². The van der Waals surface area contributed by atoms with Crippen molar-refractivity contribution in [1.29, 1.82) is 0 Å². The van der Waals surface area contributed by atoms with Crippen molar-refractivity contribution >= 4 is 6.29 Å². The second-order valence-corrected chi connectivity index (χ2v) is 3.68. The Kier molecular flexibility index (Phi) is 3.69. The molecule has 0 fully saturated rings. The van der Waals surface area contributed by atoms with Gasteiger partial charge in [0.1, 0.15) is 12.0 Å². The first kappa shape index (κ1) is 10.8. The van der Waals surface area contributed by atoms with E-state index in [-0.39, 0.29) is 5.92 Å². The molecule has 1 aromatic rings. The number of carbonyl (C=O) groups is 1. The monoisotopic (exact) mass is 192 g/mol. The average molecular weight is 192 g/mol. The van der Waals surface area contributed by atoms with Gasteiger partial charge in [0.15, 0.2) is 0 Å². The van der Waals surface area contributed by atoms with Crippen molar-refractivity contribution < 1.29 is 9.53 Å². The van der Waals surface area contributed by atoms with Gasteiger partial charge >= 0.3 is 0 Å². The van der Waals surface area contributed by atoms with E-state index in [4.69, 9.17) is 4.74 Å². The highest BCUT2D eigenvalue weighted by molar-refractivity contribution is 5.63. The van der Waals surface area contributed by atoms with Gasteiger partial charge in [0.2, 0.25) is 0 Å². The summed E-state index contributed by atoms with van der Waals surface area (Å²) in [6.45, 7) is 4.08. The molecule has 76 valence electrons. The van der Waals surface area contributed by atoms with E-state index in [9.17, 15) is 4.79 Å². The maximum absolute atomic E-state index is 10.9. The second kappa shape index (κ2) is 4.80. The van der Waals surface area contributed by atoms with Crippen LogP contribution in [0.25, 0.3) is 0 Å². The van der Waals surface area contributed by atoms with Gasteiger partial charge in [-0.25, -0.2) is 0 Å². The van der Waals surface area contributed by atoms with Gasteiger partial charge in [-0.15, -0.1) is 0 Å². The van der Waals surface area contributed by atoms with Crippen LogP contribution in [0, 0.1) is 5.92 Å². The van der Waals surface area contributed by atoms with Gasteiger partial charge in [-0.05, 0) is 23.6 Å². The fourth-order valence-corrected chi connectivity index (χ4v) is 1.47. The molecule has 0 amide bonds. The average Bonchev–Trinajstić information content (AvgIpc) is 2.19. The predicted octanol–water partition coefficient (Wildman–Crippen LogP) is 2.63. The molecule has 0 N–H and O–H groups in total. The third-order valence-corrected chi connectivity index (χ3v) is 2.34. The van der Waals surface area contributed by atoms with Gasteiger partial charge in [-0.1, -0.05) is 26.0 Å². The third kappa shape index (κ3) is 2.34. The lowest BCUT2D eigenvalue weighted by Gasteiger charge is -2.15. The Bertz CT molecular complexity index is 305. The van der Waals surface area contributed by atoms with Crippen LogP contribution in [0.2, 0.25) is 0 Å². The minimum absolute atomic E-state index is 0.0369. The molecule has 2 heteroatoms. The molecule has 1 rings (SSSR count). The van der Waals surface area contributed by atoms with Crippen molar-refractivity contribution in [3.05, 3.63) is 29.8 Å². The number of aldehydes is 1. The Balaban J connectivity index is 2.98. The zero-order valence-corrected chi connectivity index (χ0v) is 8.86. The highest BCUT2D eigenvalue weighted by Crippen LogP contribution is 2.25. The molecule has 0 aliphatic heterocycles. The van der Waals surface area contributed by atoms with E-state index >= 15 is 0 Å². The van der Waals surface area contributed by atoms with Crippen LogP contribution in [-0.4, -0.2) is 13.4 Å². The molecular weight excluding hydrogens is 176 g/mol. The van der Waals surface area contributed by atoms with Crippen molar-refractivity contribution in [2.75, 3.05) is 7.11 Å². The molecule has 0 bridgehead atoms. The molecule has 0 radical (unpaired) electrons. The van der Waals surface area contributed by atoms with E-state index < -0.39 is 0 Å². The fourth-order valence-electron chi connectivity index (χ4n) is 1.47. The Morgan fingerprint density at radius 2 is 2.07 bits per heavy atom. The summed E-state index contributed by atoms with van der Waals surface area (Å²) in [6, 6.07) is 7.67. The number of ether oxygens (including phenoxy) is 1. The minimum atomic E-state index is -0.0369. The van der Waals surface area contributed by atoms with E-state index in [1.165, 1.54) is 0 Å². The topological polar surface area (TPSA) is 26.3 Å². The SMILES string of the molecule is COc1cccc([C@H](C=O)C(C)C)c1. The summed E-state index contributed by atoms with van der Waals surface area (Å²) in [7, 11) is 1.63. The number of hydrogen-bond donors (Lipinski definition) is 0. The first-order chi connectivity index (χ1) is 6.69. The fraction of sp³-hybridized carbons (Fsp3) is 0.417. The maximum Gasteiger partial charge on any atom is 0.127 e. The first-order valence-corrected chi connectivity index (χ1v) is 4.78. The molecule has 14 heavy (non-hydrogen) atoms. The number of benzene rings is 1. The molecule has 0 unspecified atom stereocenters. The summed E-state index contributed by atoms with van der Waals surface area (Å²) in [5.41, 5.74) is 1.02. The molecule has 0 spiro atoms. The Morgan fingerprint density at radius 1 is 1.36 bits per heavy atom. The van der Waals surface area contributed by atoms with E-state index in [0.29, 0.717) is 5.92 Å². The molecule has 0 aromatic heterocycles. The molecule has 1 atom stereocenters. The summed E-state index contributed by atoms with van der Waals surface area (Å²) in [5, 5.41) is 0. The van der Waals surface area contributed by atoms with E-state index in [0.717, 1.165) is 17.6 Å². The highest BCUT2D eigenvalue weighted by Gasteiger charge is 2.14. The van der Waals surface area contributed by atoms with Crippen LogP contribution in [0.5, 0.6) is 5.75 Å². The molecule has 0 aliphatic carbocycles. The number of hydrogen-bond acceptors (Lipinski definition) is 2. The van der Waals surface area contributed by atoms with E-state index in [2.05, 4.69) is 0 Å². The number of methoxy groups -OCH3 is 1. The quantitative estimate of drug-likeness (QED) is 0.685. The maximum atomic E-state index is 10.9. The van der Waals surface area contributed by atoms with Gasteiger partial charge in [-0.3, -0.25) is 0 Å². The van der Waals surface area contributed by atoms with Gasteiger partial charge < -0.3 is 9.53 Å². The summed E-state index contributed by atoms with van der Waals surface area (Å²) < 4.78 is 5.11. The Labute approximate surface area is 84.9 Å². The largest absolute Gasteiger partial charge is 0.497 e.